The van der Waals surface area contributed by atoms with Crippen molar-refractivity contribution in [3.8, 4) is 0 Å². The van der Waals surface area contributed by atoms with Gasteiger partial charge in [0.05, 0.1) is 11.3 Å². The van der Waals surface area contributed by atoms with Gasteiger partial charge in [0.1, 0.15) is 0 Å². The van der Waals surface area contributed by atoms with Crippen molar-refractivity contribution in [3.05, 3.63) is 27.7 Å². The summed E-state index contributed by atoms with van der Waals surface area (Å²) in [6, 6.07) is 4.96. The summed E-state index contributed by atoms with van der Waals surface area (Å²) >= 11 is 5.74. The maximum absolute atomic E-state index is 6.10. The molecule has 2 unspecified atom stereocenters. The van der Waals surface area contributed by atoms with Crippen LogP contribution < -0.4 is 5.32 Å². The molecule has 0 aromatic heterocycles. The van der Waals surface area contributed by atoms with Crippen molar-refractivity contribution in [2.45, 2.75) is 44.8 Å². The van der Waals surface area contributed by atoms with E-state index in [-0.39, 0.29) is 5.60 Å². The van der Waals surface area contributed by atoms with Gasteiger partial charge in [0.25, 0.3) is 0 Å². The summed E-state index contributed by atoms with van der Waals surface area (Å²) in [6.07, 6.45) is 3.45. The number of anilines is 1. The molecule has 20 heavy (non-hydrogen) atoms. The molecule has 3 rings (SSSR count). The molecule has 2 aliphatic rings. The topological polar surface area (TPSA) is 21.3 Å². The van der Waals surface area contributed by atoms with Gasteiger partial charge in [-0.2, -0.15) is 11.8 Å². The van der Waals surface area contributed by atoms with Gasteiger partial charge in [-0.05, 0) is 72.0 Å². The lowest BCUT2D eigenvalue weighted by atomic mass is 9.89. The molecule has 2 aliphatic heterocycles. The second-order valence-electron chi connectivity index (χ2n) is 6.11. The Balaban J connectivity index is 1.74. The smallest absolute Gasteiger partial charge is 0.0799 e. The van der Waals surface area contributed by atoms with Gasteiger partial charge < -0.3 is 10.1 Å². The van der Waals surface area contributed by atoms with Crippen molar-refractivity contribution in [1.82, 2.24) is 0 Å². The highest BCUT2D eigenvalue weighted by Crippen LogP contribution is 2.39. The second-order valence-corrected chi connectivity index (χ2v) is 8.07. The van der Waals surface area contributed by atoms with Crippen LogP contribution in [0.4, 0.5) is 5.69 Å². The van der Waals surface area contributed by atoms with E-state index in [1.165, 1.54) is 39.2 Å². The molecular formula is C16H22BrNOS. The minimum absolute atomic E-state index is 0.145. The summed E-state index contributed by atoms with van der Waals surface area (Å²) in [7, 11) is 0. The van der Waals surface area contributed by atoms with Crippen LogP contribution in [0.2, 0.25) is 0 Å². The summed E-state index contributed by atoms with van der Waals surface area (Å²) < 4.78 is 7.28. The van der Waals surface area contributed by atoms with Crippen LogP contribution in [0.15, 0.2) is 16.6 Å². The lowest BCUT2D eigenvalue weighted by Crippen LogP contribution is -2.44. The lowest BCUT2D eigenvalue weighted by Gasteiger charge is -2.38. The molecular weight excluding hydrogens is 334 g/mol. The fraction of sp³-hybridized carbons (Fsp3) is 0.625. The highest BCUT2D eigenvalue weighted by Gasteiger charge is 2.40. The Labute approximate surface area is 134 Å². The fourth-order valence-electron chi connectivity index (χ4n) is 3.32. The third kappa shape index (κ3) is 3.02. The van der Waals surface area contributed by atoms with E-state index in [0.29, 0.717) is 6.04 Å². The van der Waals surface area contributed by atoms with Crippen LogP contribution in [0.1, 0.15) is 30.4 Å². The first kappa shape index (κ1) is 14.7. The molecule has 110 valence electrons. The average molecular weight is 356 g/mol. The molecule has 0 bridgehead atoms. The summed E-state index contributed by atoms with van der Waals surface area (Å²) in [6.45, 7) is 5.21. The lowest BCUT2D eigenvalue weighted by molar-refractivity contribution is -0.0628. The number of hydrogen-bond donors (Lipinski definition) is 1. The third-order valence-electron chi connectivity index (χ3n) is 4.34. The van der Waals surface area contributed by atoms with Crippen molar-refractivity contribution < 1.29 is 4.74 Å². The molecule has 4 heteroatoms. The first-order chi connectivity index (χ1) is 9.58. The van der Waals surface area contributed by atoms with Crippen molar-refractivity contribution in [2.75, 3.05) is 23.4 Å². The van der Waals surface area contributed by atoms with E-state index in [4.69, 9.17) is 4.74 Å². The Hall–Kier alpha value is -0.190. The molecule has 2 fully saturated rings. The van der Waals surface area contributed by atoms with E-state index in [1.807, 2.05) is 11.8 Å². The highest BCUT2D eigenvalue weighted by atomic mass is 79.9. The normalized spacial score (nSPS) is 29.9. The molecule has 0 amide bonds. The van der Waals surface area contributed by atoms with E-state index in [9.17, 15) is 0 Å². The zero-order valence-corrected chi connectivity index (χ0v) is 14.6. The van der Waals surface area contributed by atoms with Gasteiger partial charge >= 0.3 is 0 Å². The molecule has 0 radical (unpaired) electrons. The van der Waals surface area contributed by atoms with Gasteiger partial charge in [0.2, 0.25) is 0 Å². The van der Waals surface area contributed by atoms with Gasteiger partial charge in [-0.25, -0.2) is 0 Å². The minimum atomic E-state index is 0.145. The van der Waals surface area contributed by atoms with Crippen molar-refractivity contribution in [1.29, 1.82) is 0 Å². The molecule has 2 heterocycles. The van der Waals surface area contributed by atoms with E-state index in [2.05, 4.69) is 47.2 Å². The first-order valence-electron chi connectivity index (χ1n) is 7.33. The van der Waals surface area contributed by atoms with Crippen molar-refractivity contribution in [2.24, 2.45) is 0 Å². The van der Waals surface area contributed by atoms with Gasteiger partial charge in [-0.1, -0.05) is 6.07 Å². The quantitative estimate of drug-likeness (QED) is 0.841. The number of halogens is 1. The monoisotopic (exact) mass is 355 g/mol. The van der Waals surface area contributed by atoms with E-state index in [0.717, 1.165) is 19.4 Å². The predicted molar refractivity (Wildman–Crippen MR) is 90.9 cm³/mol. The van der Waals surface area contributed by atoms with Crippen LogP contribution in [0.3, 0.4) is 0 Å². The summed E-state index contributed by atoms with van der Waals surface area (Å²) in [4.78, 5) is 0. The maximum atomic E-state index is 6.10. The van der Waals surface area contributed by atoms with E-state index < -0.39 is 0 Å². The number of ether oxygens (including phenoxy) is 1. The van der Waals surface area contributed by atoms with Gasteiger partial charge in [-0.15, -0.1) is 0 Å². The van der Waals surface area contributed by atoms with Crippen molar-refractivity contribution in [3.63, 3.8) is 0 Å². The van der Waals surface area contributed by atoms with Crippen LogP contribution in [0.5, 0.6) is 0 Å². The Morgan fingerprint density at radius 2 is 2.25 bits per heavy atom. The third-order valence-corrected chi connectivity index (χ3v) is 6.19. The average Bonchev–Trinajstić information content (AvgIpc) is 2.82. The summed E-state index contributed by atoms with van der Waals surface area (Å²) in [5, 5.41) is 3.76. The minimum Gasteiger partial charge on any atom is -0.381 e. The molecule has 1 N–H and O–H groups in total. The Morgan fingerprint density at radius 1 is 1.40 bits per heavy atom. The Bertz CT molecular complexity index is 476. The van der Waals surface area contributed by atoms with Gasteiger partial charge in [0, 0.05) is 22.9 Å². The van der Waals surface area contributed by atoms with Gasteiger partial charge in [-0.3, -0.25) is 0 Å². The molecule has 2 atom stereocenters. The largest absolute Gasteiger partial charge is 0.381 e. The van der Waals surface area contributed by atoms with Crippen LogP contribution in [-0.2, 0) is 4.74 Å². The summed E-state index contributed by atoms with van der Waals surface area (Å²) in [5.41, 5.74) is 4.02. The van der Waals surface area contributed by atoms with E-state index >= 15 is 0 Å². The van der Waals surface area contributed by atoms with Crippen LogP contribution in [-0.4, -0.2) is 29.8 Å². The van der Waals surface area contributed by atoms with Crippen molar-refractivity contribution >= 4 is 33.4 Å². The van der Waals surface area contributed by atoms with Crippen LogP contribution in [0, 0.1) is 13.8 Å². The Morgan fingerprint density at radius 3 is 2.95 bits per heavy atom. The number of thioether (sulfide) groups is 1. The number of aryl methyl sites for hydroxylation is 2. The first-order valence-corrected chi connectivity index (χ1v) is 9.28. The SMILES string of the molecule is Cc1cc(C)c(NC2CCOC3(CCSC3)C2)c(Br)c1. The zero-order chi connectivity index (χ0) is 14.2. The van der Waals surface area contributed by atoms with E-state index in [1.54, 1.807) is 0 Å². The molecule has 0 saturated carbocycles. The summed E-state index contributed by atoms with van der Waals surface area (Å²) in [5.74, 6) is 2.42. The van der Waals surface area contributed by atoms with Gasteiger partial charge in [0.15, 0.2) is 0 Å². The molecule has 2 saturated heterocycles. The fourth-order valence-corrected chi connectivity index (χ4v) is 5.48. The Kier molecular flexibility index (Phi) is 4.34. The molecule has 2 nitrogen and oxygen atoms in total. The number of nitrogens with one attached hydrogen (secondary N) is 1. The molecule has 1 aromatic carbocycles. The number of rotatable bonds is 2. The number of benzene rings is 1. The molecule has 0 aliphatic carbocycles. The molecule has 1 aromatic rings. The second kappa shape index (κ2) is 5.90. The standard InChI is InChI=1S/C16H22BrNOS/c1-11-7-12(2)15(14(17)8-11)18-13-3-5-19-16(9-13)4-6-20-10-16/h7-8,13,18H,3-6,9-10H2,1-2H3. The van der Waals surface area contributed by atoms with Crippen LogP contribution >= 0.6 is 27.7 Å². The highest BCUT2D eigenvalue weighted by molar-refractivity contribution is 9.10. The zero-order valence-electron chi connectivity index (χ0n) is 12.2. The molecule has 1 spiro atoms. The number of hydrogen-bond acceptors (Lipinski definition) is 3. The van der Waals surface area contributed by atoms with Crippen LogP contribution in [0.25, 0.3) is 0 Å². The maximum Gasteiger partial charge on any atom is 0.0799 e. The predicted octanol–water partition coefficient (Wildman–Crippen LogP) is 4.53.